The Morgan fingerprint density at radius 2 is 1.68 bits per heavy atom. The molecule has 0 amide bonds. The Bertz CT molecular complexity index is 848. The highest BCUT2D eigenvalue weighted by Gasteiger charge is 2.37. The number of fused-ring (bicyclic) bond motifs is 1. The minimum atomic E-state index is -1.93. The maximum Gasteiger partial charge on any atom is 0.212 e. The van der Waals surface area contributed by atoms with Gasteiger partial charge in [0.05, 0.1) is 12.3 Å². The van der Waals surface area contributed by atoms with Gasteiger partial charge in [0.2, 0.25) is 5.16 Å². The van der Waals surface area contributed by atoms with E-state index >= 15 is 0 Å². The number of aromatic nitrogens is 3. The van der Waals surface area contributed by atoms with Crippen molar-refractivity contribution in [1.82, 2.24) is 14.9 Å². The quantitative estimate of drug-likeness (QED) is 0.291. The molecule has 152 valence electrons. The summed E-state index contributed by atoms with van der Waals surface area (Å²) in [6.07, 6.45) is -9.12. The highest BCUT2D eigenvalue weighted by Crippen LogP contribution is 2.28. The van der Waals surface area contributed by atoms with E-state index in [1.165, 1.54) is 16.4 Å². The summed E-state index contributed by atoms with van der Waals surface area (Å²) in [7, 11) is 0. The van der Waals surface area contributed by atoms with Gasteiger partial charge in [0.15, 0.2) is 5.82 Å². The molecular weight excluding hydrogens is 456 g/mol. The summed E-state index contributed by atoms with van der Waals surface area (Å²) in [6, 6.07) is 7.49. The Kier molecular flexibility index (Phi) is 6.83. The van der Waals surface area contributed by atoms with Crippen LogP contribution in [0, 0.1) is 0 Å². The van der Waals surface area contributed by atoms with Crippen molar-refractivity contribution in [1.29, 1.82) is 0 Å². The predicted molar refractivity (Wildman–Crippen MR) is 103 cm³/mol. The van der Waals surface area contributed by atoms with E-state index in [0.29, 0.717) is 16.6 Å². The summed E-state index contributed by atoms with van der Waals surface area (Å²) < 4.78 is 2.18. The molecule has 0 unspecified atom stereocenters. The van der Waals surface area contributed by atoms with Crippen molar-refractivity contribution < 1.29 is 30.6 Å². The van der Waals surface area contributed by atoms with Crippen LogP contribution in [0.2, 0.25) is 0 Å². The van der Waals surface area contributed by atoms with E-state index in [9.17, 15) is 25.5 Å². The van der Waals surface area contributed by atoms with Crippen LogP contribution < -0.4 is 0 Å². The van der Waals surface area contributed by atoms with Gasteiger partial charge in [-0.2, -0.15) is 9.78 Å². The minimum absolute atomic E-state index is 0.131. The van der Waals surface area contributed by atoms with Crippen LogP contribution in [-0.2, 0) is 0 Å². The number of aliphatic hydroxyl groups is 6. The first-order valence-corrected chi connectivity index (χ1v) is 10.0. The second kappa shape index (κ2) is 8.97. The van der Waals surface area contributed by atoms with Crippen molar-refractivity contribution in [2.75, 3.05) is 12.4 Å². The number of aliphatic hydroxyl groups excluding tert-OH is 6. The van der Waals surface area contributed by atoms with Crippen LogP contribution in [0.25, 0.3) is 0 Å². The highest BCUT2D eigenvalue weighted by molar-refractivity contribution is 9.10. The van der Waals surface area contributed by atoms with Gasteiger partial charge in [0.1, 0.15) is 30.5 Å². The maximum atomic E-state index is 10.4. The Hall–Kier alpha value is -1.38. The molecule has 0 spiro atoms. The van der Waals surface area contributed by atoms with Crippen molar-refractivity contribution in [3.05, 3.63) is 40.1 Å². The van der Waals surface area contributed by atoms with Crippen molar-refractivity contribution in [2.45, 2.75) is 35.7 Å². The molecular formula is C16H19BrN4O6S. The zero-order chi connectivity index (χ0) is 20.4. The molecule has 1 aromatic heterocycles. The Balaban J connectivity index is 1.86. The third-order valence-corrected chi connectivity index (χ3v) is 5.70. The normalized spacial score (nSPS) is 19.3. The molecule has 1 aromatic carbocycles. The van der Waals surface area contributed by atoms with Crippen molar-refractivity contribution in [3.63, 3.8) is 0 Å². The number of benzene rings is 1. The zero-order valence-corrected chi connectivity index (χ0v) is 16.8. The SMILES string of the molecule is OC[C@@H](O)[C@@H](O)[C@H](O)[C@@H](O)[C@H](O)c1nnc2n1N=C(c1ccc(Br)cc1)CS2. The molecule has 2 aromatic rings. The number of hydrogen-bond acceptors (Lipinski definition) is 10. The molecule has 28 heavy (non-hydrogen) atoms. The van der Waals surface area contributed by atoms with E-state index in [2.05, 4.69) is 31.2 Å². The molecule has 0 saturated heterocycles. The van der Waals surface area contributed by atoms with Gasteiger partial charge >= 0.3 is 0 Å². The lowest BCUT2D eigenvalue weighted by Crippen LogP contribution is -2.48. The fourth-order valence-corrected chi connectivity index (χ4v) is 3.70. The van der Waals surface area contributed by atoms with Crippen LogP contribution in [0.4, 0.5) is 0 Å². The maximum absolute atomic E-state index is 10.4. The van der Waals surface area contributed by atoms with Crippen LogP contribution in [0.3, 0.4) is 0 Å². The summed E-state index contributed by atoms with van der Waals surface area (Å²) in [5, 5.41) is 71.2. The Morgan fingerprint density at radius 1 is 1.00 bits per heavy atom. The van der Waals surface area contributed by atoms with E-state index < -0.39 is 37.1 Å². The van der Waals surface area contributed by atoms with Crippen LogP contribution in [0.5, 0.6) is 0 Å². The standard InChI is InChI=1S/C16H19BrN4O6S/c17-8-3-1-7(2-4-8)9-6-28-16-19-18-15(21(16)20-9)14(27)13(26)12(25)11(24)10(23)5-22/h1-4,10-14,22-27H,5-6H2/t10-,11-,12+,13-,14+/m1/s1. The average Bonchev–Trinajstić information content (AvgIpc) is 3.14. The molecule has 0 fully saturated rings. The Morgan fingerprint density at radius 3 is 2.32 bits per heavy atom. The number of thioether (sulfide) groups is 1. The van der Waals surface area contributed by atoms with Gasteiger partial charge in [0.25, 0.3) is 0 Å². The molecule has 0 saturated carbocycles. The lowest BCUT2D eigenvalue weighted by atomic mass is 9.99. The first-order valence-electron chi connectivity index (χ1n) is 8.26. The van der Waals surface area contributed by atoms with E-state index in [4.69, 9.17) is 5.11 Å². The van der Waals surface area contributed by atoms with Gasteiger partial charge in [-0.25, -0.2) is 0 Å². The van der Waals surface area contributed by atoms with Gasteiger partial charge in [-0.05, 0) is 17.7 Å². The summed E-state index contributed by atoms with van der Waals surface area (Å²) >= 11 is 4.71. The second-order valence-electron chi connectivity index (χ2n) is 6.16. The number of hydrogen-bond donors (Lipinski definition) is 6. The third kappa shape index (κ3) is 4.28. The molecule has 1 aliphatic rings. The largest absolute Gasteiger partial charge is 0.394 e. The van der Waals surface area contributed by atoms with Crippen molar-refractivity contribution in [3.8, 4) is 0 Å². The topological polar surface area (TPSA) is 164 Å². The van der Waals surface area contributed by atoms with Gasteiger partial charge in [-0.1, -0.05) is 39.8 Å². The first-order chi connectivity index (χ1) is 13.3. The molecule has 6 N–H and O–H groups in total. The first kappa shape index (κ1) is 21.3. The van der Waals surface area contributed by atoms with Crippen LogP contribution in [-0.4, -0.2) is 88.0 Å². The Labute approximate surface area is 172 Å². The smallest absolute Gasteiger partial charge is 0.212 e. The van der Waals surface area contributed by atoms with E-state index in [1.807, 2.05) is 24.3 Å². The molecule has 5 atom stereocenters. The predicted octanol–water partition coefficient (Wildman–Crippen LogP) is -1.13. The van der Waals surface area contributed by atoms with Gasteiger partial charge < -0.3 is 30.6 Å². The molecule has 0 bridgehead atoms. The monoisotopic (exact) mass is 474 g/mol. The van der Waals surface area contributed by atoms with Crippen molar-refractivity contribution >= 4 is 33.4 Å². The van der Waals surface area contributed by atoms with Gasteiger partial charge in [0, 0.05) is 10.2 Å². The fraction of sp³-hybridized carbons (Fsp3) is 0.438. The molecule has 2 heterocycles. The van der Waals surface area contributed by atoms with E-state index in [-0.39, 0.29) is 5.82 Å². The minimum Gasteiger partial charge on any atom is -0.394 e. The molecule has 1 aliphatic heterocycles. The lowest BCUT2D eigenvalue weighted by molar-refractivity contribution is -0.142. The van der Waals surface area contributed by atoms with Crippen molar-refractivity contribution in [2.24, 2.45) is 5.10 Å². The molecule has 10 nitrogen and oxygen atoms in total. The summed E-state index contributed by atoms with van der Waals surface area (Å²) in [6.45, 7) is -0.821. The number of rotatable bonds is 7. The zero-order valence-electron chi connectivity index (χ0n) is 14.4. The third-order valence-electron chi connectivity index (χ3n) is 4.24. The van der Waals surface area contributed by atoms with E-state index in [1.54, 1.807) is 0 Å². The number of halogens is 1. The summed E-state index contributed by atoms with van der Waals surface area (Å²) in [4.78, 5) is 0. The van der Waals surface area contributed by atoms with Crippen LogP contribution >= 0.6 is 27.7 Å². The lowest BCUT2D eigenvalue weighted by Gasteiger charge is -2.28. The highest BCUT2D eigenvalue weighted by atomic mass is 79.9. The van der Waals surface area contributed by atoms with E-state index in [0.717, 1.165) is 10.0 Å². The molecule has 0 radical (unpaired) electrons. The van der Waals surface area contributed by atoms with Crippen LogP contribution in [0.1, 0.15) is 17.5 Å². The molecule has 12 heteroatoms. The number of nitrogens with zero attached hydrogens (tertiary/aromatic N) is 4. The average molecular weight is 475 g/mol. The summed E-state index contributed by atoms with van der Waals surface area (Å²) in [5.74, 6) is 0.400. The molecule has 3 rings (SSSR count). The molecule has 0 aliphatic carbocycles. The summed E-state index contributed by atoms with van der Waals surface area (Å²) in [5.41, 5.74) is 1.56. The van der Waals surface area contributed by atoms with Gasteiger partial charge in [-0.15, -0.1) is 10.2 Å². The van der Waals surface area contributed by atoms with Gasteiger partial charge in [-0.3, -0.25) is 0 Å². The fourth-order valence-electron chi connectivity index (χ4n) is 2.59. The second-order valence-corrected chi connectivity index (χ2v) is 8.02. The van der Waals surface area contributed by atoms with Crippen LogP contribution in [0.15, 0.2) is 39.0 Å².